The van der Waals surface area contributed by atoms with Crippen LogP contribution in [0.4, 0.5) is 11.5 Å². The monoisotopic (exact) mass is 352 g/mol. The Morgan fingerprint density at radius 1 is 1.19 bits per heavy atom. The minimum atomic E-state index is -0.299. The van der Waals surface area contributed by atoms with E-state index in [0.29, 0.717) is 18.1 Å². The fraction of sp³-hybridized carbons (Fsp3) is 0.211. The van der Waals surface area contributed by atoms with E-state index in [1.54, 1.807) is 24.5 Å². The van der Waals surface area contributed by atoms with Crippen LogP contribution in [0.3, 0.4) is 0 Å². The first-order valence-electron chi connectivity index (χ1n) is 8.26. The molecule has 2 heterocycles. The predicted molar refractivity (Wildman–Crippen MR) is 97.4 cm³/mol. The van der Waals surface area contributed by atoms with Crippen molar-refractivity contribution in [2.24, 2.45) is 0 Å². The molecule has 0 aliphatic carbocycles. The third-order valence-corrected chi connectivity index (χ3v) is 3.40. The van der Waals surface area contributed by atoms with Crippen LogP contribution in [0.5, 0.6) is 5.75 Å². The molecule has 0 unspecified atom stereocenters. The number of hydrogen-bond donors (Lipinski definition) is 2. The Morgan fingerprint density at radius 2 is 2.00 bits per heavy atom. The summed E-state index contributed by atoms with van der Waals surface area (Å²) in [5, 5.41) is 5.89. The van der Waals surface area contributed by atoms with Gasteiger partial charge in [-0.1, -0.05) is 0 Å². The van der Waals surface area contributed by atoms with Crippen molar-refractivity contribution in [3.8, 4) is 5.75 Å². The number of anilines is 2. The Balaban J connectivity index is 1.62. The molecule has 0 fully saturated rings. The number of amides is 1. The number of nitrogens with one attached hydrogen (secondary N) is 2. The minimum absolute atomic E-state index is 0.123. The van der Waals surface area contributed by atoms with Gasteiger partial charge in [0.25, 0.3) is 5.91 Å². The smallest absolute Gasteiger partial charge is 0.270 e. The zero-order chi connectivity index (χ0) is 18.4. The Bertz CT molecular complexity index is 845. The number of furan rings is 1. The van der Waals surface area contributed by atoms with Crippen molar-refractivity contribution in [1.29, 1.82) is 0 Å². The normalized spacial score (nSPS) is 10.6. The molecule has 0 atom stereocenters. The van der Waals surface area contributed by atoms with Gasteiger partial charge in [-0.2, -0.15) is 0 Å². The van der Waals surface area contributed by atoms with Crippen LogP contribution in [-0.2, 0) is 6.54 Å². The van der Waals surface area contributed by atoms with Gasteiger partial charge in [0.05, 0.1) is 18.9 Å². The van der Waals surface area contributed by atoms with E-state index < -0.39 is 0 Å². The van der Waals surface area contributed by atoms with Crippen LogP contribution < -0.4 is 15.4 Å². The molecule has 134 valence electrons. The van der Waals surface area contributed by atoms with E-state index in [-0.39, 0.29) is 17.7 Å². The molecule has 1 aromatic carbocycles. The second kappa shape index (κ2) is 8.15. The van der Waals surface area contributed by atoms with Gasteiger partial charge < -0.3 is 19.8 Å². The Morgan fingerprint density at radius 3 is 2.69 bits per heavy atom. The summed E-state index contributed by atoms with van der Waals surface area (Å²) < 4.78 is 10.8. The fourth-order valence-corrected chi connectivity index (χ4v) is 2.26. The maximum absolute atomic E-state index is 12.2. The summed E-state index contributed by atoms with van der Waals surface area (Å²) in [7, 11) is 0. The van der Waals surface area contributed by atoms with Crippen LogP contribution in [0.1, 0.15) is 30.1 Å². The first-order chi connectivity index (χ1) is 12.6. The molecule has 0 spiro atoms. The SMILES string of the molecule is CC(C)Oc1ccc(Nc2cc(C(=O)NCc3ccco3)ncn2)cc1. The molecule has 0 radical (unpaired) electrons. The van der Waals surface area contributed by atoms with Crippen LogP contribution in [-0.4, -0.2) is 22.0 Å². The fourth-order valence-electron chi connectivity index (χ4n) is 2.26. The number of benzene rings is 1. The summed E-state index contributed by atoms with van der Waals surface area (Å²) >= 11 is 0. The third kappa shape index (κ3) is 4.83. The van der Waals surface area contributed by atoms with Gasteiger partial charge in [0.15, 0.2) is 0 Å². The third-order valence-electron chi connectivity index (χ3n) is 3.40. The molecule has 2 N–H and O–H groups in total. The largest absolute Gasteiger partial charge is 0.491 e. The van der Waals surface area contributed by atoms with Crippen LogP contribution >= 0.6 is 0 Å². The summed E-state index contributed by atoms with van der Waals surface area (Å²) in [6, 6.07) is 12.7. The molecular formula is C19H20N4O3. The average Bonchev–Trinajstić information content (AvgIpc) is 3.15. The van der Waals surface area contributed by atoms with Gasteiger partial charge in [-0.25, -0.2) is 9.97 Å². The molecule has 0 aliphatic rings. The molecular weight excluding hydrogens is 332 g/mol. The number of aromatic nitrogens is 2. The highest BCUT2D eigenvalue weighted by atomic mass is 16.5. The van der Waals surface area contributed by atoms with Crippen molar-refractivity contribution in [2.75, 3.05) is 5.32 Å². The Labute approximate surface area is 151 Å². The highest BCUT2D eigenvalue weighted by molar-refractivity contribution is 5.92. The highest BCUT2D eigenvalue weighted by Gasteiger charge is 2.09. The molecule has 0 saturated heterocycles. The van der Waals surface area contributed by atoms with Gasteiger partial charge >= 0.3 is 0 Å². The quantitative estimate of drug-likeness (QED) is 0.676. The summed E-state index contributed by atoms with van der Waals surface area (Å²) in [6.07, 6.45) is 3.03. The standard InChI is InChI=1S/C19H20N4O3/c1-13(2)26-15-7-5-14(6-8-15)23-18-10-17(21-12-22-18)19(24)20-11-16-4-3-9-25-16/h3-10,12-13H,11H2,1-2H3,(H,20,24)(H,21,22,23). The van der Waals surface area contributed by atoms with Crippen molar-refractivity contribution < 1.29 is 13.9 Å². The topological polar surface area (TPSA) is 89.3 Å². The van der Waals surface area contributed by atoms with Crippen molar-refractivity contribution >= 4 is 17.4 Å². The summed E-state index contributed by atoms with van der Waals surface area (Å²) in [6.45, 7) is 4.26. The van der Waals surface area contributed by atoms with Crippen LogP contribution in [0.2, 0.25) is 0 Å². The van der Waals surface area contributed by atoms with E-state index in [4.69, 9.17) is 9.15 Å². The van der Waals surface area contributed by atoms with Crippen LogP contribution in [0, 0.1) is 0 Å². The average molecular weight is 352 g/mol. The second-order valence-electron chi connectivity index (χ2n) is 5.87. The molecule has 0 saturated carbocycles. The number of hydrogen-bond acceptors (Lipinski definition) is 6. The van der Waals surface area contributed by atoms with Gasteiger partial charge in [-0.05, 0) is 50.2 Å². The van der Waals surface area contributed by atoms with Gasteiger partial charge in [0.1, 0.15) is 29.3 Å². The number of nitrogens with zero attached hydrogens (tertiary/aromatic N) is 2. The molecule has 3 aromatic rings. The van der Waals surface area contributed by atoms with Crippen molar-refractivity contribution in [2.45, 2.75) is 26.5 Å². The van der Waals surface area contributed by atoms with Crippen molar-refractivity contribution in [3.63, 3.8) is 0 Å². The van der Waals surface area contributed by atoms with E-state index in [0.717, 1.165) is 11.4 Å². The maximum Gasteiger partial charge on any atom is 0.270 e. The molecule has 0 bridgehead atoms. The number of rotatable bonds is 7. The van der Waals surface area contributed by atoms with Crippen molar-refractivity contribution in [3.05, 3.63) is 66.5 Å². The molecule has 7 nitrogen and oxygen atoms in total. The Kier molecular flexibility index (Phi) is 5.48. The van der Waals surface area contributed by atoms with Crippen molar-refractivity contribution in [1.82, 2.24) is 15.3 Å². The lowest BCUT2D eigenvalue weighted by Gasteiger charge is -2.11. The lowest BCUT2D eigenvalue weighted by atomic mass is 10.3. The zero-order valence-corrected chi connectivity index (χ0v) is 14.6. The van der Waals surface area contributed by atoms with E-state index in [9.17, 15) is 4.79 Å². The van der Waals surface area contributed by atoms with E-state index in [1.165, 1.54) is 6.33 Å². The lowest BCUT2D eigenvalue weighted by Crippen LogP contribution is -2.23. The highest BCUT2D eigenvalue weighted by Crippen LogP contribution is 2.20. The molecule has 0 aliphatic heterocycles. The van der Waals surface area contributed by atoms with Crippen LogP contribution in [0.15, 0.2) is 59.5 Å². The number of carbonyl (C=O) groups excluding carboxylic acids is 1. The number of carbonyl (C=O) groups is 1. The second-order valence-corrected chi connectivity index (χ2v) is 5.87. The Hall–Kier alpha value is -3.35. The molecule has 3 rings (SSSR count). The molecule has 2 aromatic heterocycles. The van der Waals surface area contributed by atoms with Gasteiger partial charge in [0.2, 0.25) is 0 Å². The number of ether oxygens (including phenoxy) is 1. The minimum Gasteiger partial charge on any atom is -0.491 e. The first-order valence-corrected chi connectivity index (χ1v) is 8.26. The van der Waals surface area contributed by atoms with Crippen LogP contribution in [0.25, 0.3) is 0 Å². The van der Waals surface area contributed by atoms with E-state index in [1.807, 2.05) is 38.1 Å². The van der Waals surface area contributed by atoms with E-state index in [2.05, 4.69) is 20.6 Å². The summed E-state index contributed by atoms with van der Waals surface area (Å²) in [5.41, 5.74) is 1.11. The zero-order valence-electron chi connectivity index (χ0n) is 14.6. The molecule has 26 heavy (non-hydrogen) atoms. The van der Waals surface area contributed by atoms with Gasteiger partial charge in [-0.15, -0.1) is 0 Å². The maximum atomic E-state index is 12.2. The molecule has 1 amide bonds. The summed E-state index contributed by atoms with van der Waals surface area (Å²) in [5.74, 6) is 1.70. The predicted octanol–water partition coefficient (Wildman–Crippen LogP) is 3.53. The molecule has 7 heteroatoms. The summed E-state index contributed by atoms with van der Waals surface area (Å²) in [4.78, 5) is 20.4. The van der Waals surface area contributed by atoms with Gasteiger partial charge in [-0.3, -0.25) is 4.79 Å². The first kappa shape index (κ1) is 17.5. The van der Waals surface area contributed by atoms with E-state index >= 15 is 0 Å². The van der Waals surface area contributed by atoms with Gasteiger partial charge in [0, 0.05) is 11.8 Å². The lowest BCUT2D eigenvalue weighted by molar-refractivity contribution is 0.0943.